The number of methoxy groups -OCH3 is 1. The van der Waals surface area contributed by atoms with Crippen molar-refractivity contribution in [2.45, 2.75) is 68.1 Å². The van der Waals surface area contributed by atoms with Gasteiger partial charge in [-0.15, -0.1) is 0 Å². The molecule has 2 saturated heterocycles. The van der Waals surface area contributed by atoms with Crippen LogP contribution in [0.25, 0.3) is 0 Å². The highest BCUT2D eigenvalue weighted by molar-refractivity contribution is 7.81. The highest BCUT2D eigenvalue weighted by Gasteiger charge is 2.53. The monoisotopic (exact) mass is 594 g/mol. The lowest BCUT2D eigenvalue weighted by Crippen LogP contribution is -2.65. The van der Waals surface area contributed by atoms with E-state index in [1.165, 1.54) is 0 Å². The maximum absolute atomic E-state index is 11.4. The van der Waals surface area contributed by atoms with Crippen LogP contribution in [0.2, 0.25) is 0 Å². The quantitative estimate of drug-likeness (QED) is 0.124. The number of aliphatic hydroxyl groups excluding tert-OH is 3. The summed E-state index contributed by atoms with van der Waals surface area (Å²) in [5, 5.41) is 30.5. The van der Waals surface area contributed by atoms with Crippen LogP contribution in [0, 0.1) is 0 Å². The molecule has 0 bridgehead atoms. The van der Waals surface area contributed by atoms with E-state index in [0.717, 1.165) is 14.0 Å². The lowest BCUT2D eigenvalue weighted by molar-refractivity contribution is -0.337. The third-order valence-corrected chi connectivity index (χ3v) is 6.47. The Morgan fingerprint density at radius 3 is 1.78 bits per heavy atom. The lowest BCUT2D eigenvalue weighted by atomic mass is 9.95. The van der Waals surface area contributed by atoms with Crippen LogP contribution >= 0.6 is 0 Å². The molecule has 10 unspecified atom stereocenters. The zero-order valence-corrected chi connectivity index (χ0v) is 20.9. The Hall–Kier alpha value is -0.670. The minimum Gasteiger partial charge on any atom is -0.394 e. The Kier molecular flexibility index (Phi) is 10.5. The summed E-state index contributed by atoms with van der Waals surface area (Å²) >= 11 is 0. The van der Waals surface area contributed by atoms with Gasteiger partial charge in [0.25, 0.3) is 0 Å². The third kappa shape index (κ3) is 8.69. The molecule has 0 aromatic heterocycles. The van der Waals surface area contributed by atoms with Gasteiger partial charge < -0.3 is 34.3 Å². The molecule has 36 heavy (non-hydrogen) atoms. The van der Waals surface area contributed by atoms with E-state index in [4.69, 9.17) is 32.6 Å². The summed E-state index contributed by atoms with van der Waals surface area (Å²) in [4.78, 5) is 0. The van der Waals surface area contributed by atoms with Crippen molar-refractivity contribution < 1.29 is 85.7 Å². The summed E-state index contributed by atoms with van der Waals surface area (Å²) in [5.74, 6) is 0. The Morgan fingerprint density at radius 1 is 0.750 bits per heavy atom. The molecule has 22 heteroatoms. The molecule has 2 heterocycles. The molecule has 2 aliphatic heterocycles. The van der Waals surface area contributed by atoms with Gasteiger partial charge in [-0.2, -0.15) is 25.3 Å². The smallest absolute Gasteiger partial charge is 0.394 e. The van der Waals surface area contributed by atoms with E-state index in [9.17, 15) is 40.6 Å². The first-order chi connectivity index (χ1) is 16.4. The molecular weight excluding hydrogens is 568 g/mol. The van der Waals surface area contributed by atoms with Gasteiger partial charge in [-0.05, 0) is 6.92 Å². The fourth-order valence-corrected chi connectivity index (χ4v) is 5.00. The van der Waals surface area contributed by atoms with Crippen LogP contribution in [0.15, 0.2) is 0 Å². The second kappa shape index (κ2) is 12.0. The second-order valence-corrected chi connectivity index (χ2v) is 10.8. The summed E-state index contributed by atoms with van der Waals surface area (Å²) in [6.45, 7) is -0.792. The Labute approximate surface area is 205 Å². The van der Waals surface area contributed by atoms with Crippen LogP contribution in [-0.2, 0) is 62.7 Å². The first-order valence-electron chi connectivity index (χ1n) is 9.76. The van der Waals surface area contributed by atoms with Gasteiger partial charge >= 0.3 is 31.2 Å². The van der Waals surface area contributed by atoms with E-state index in [1.807, 2.05) is 0 Å². The van der Waals surface area contributed by atoms with Gasteiger partial charge in [0, 0.05) is 7.11 Å². The van der Waals surface area contributed by atoms with Crippen molar-refractivity contribution in [1.82, 2.24) is 0 Å². The molecule has 0 amide bonds. The summed E-state index contributed by atoms with van der Waals surface area (Å²) in [7, 11) is -14.5. The fraction of sp³-hybridized carbons (Fsp3) is 1.00. The zero-order chi connectivity index (χ0) is 27.6. The number of ether oxygens (including phenoxy) is 4. The van der Waals surface area contributed by atoms with E-state index < -0.39 is 106 Å². The summed E-state index contributed by atoms with van der Waals surface area (Å²) in [5.41, 5.74) is 0. The molecule has 19 nitrogen and oxygen atoms in total. The molecule has 6 N–H and O–H groups in total. The van der Waals surface area contributed by atoms with Crippen LogP contribution in [0.4, 0.5) is 0 Å². The Morgan fingerprint density at radius 2 is 1.31 bits per heavy atom. The van der Waals surface area contributed by atoms with Gasteiger partial charge in [0.1, 0.15) is 42.7 Å². The first-order valence-corrected chi connectivity index (χ1v) is 13.9. The van der Waals surface area contributed by atoms with Crippen LogP contribution in [0.5, 0.6) is 0 Å². The number of hydrogen-bond acceptors (Lipinski definition) is 16. The van der Waals surface area contributed by atoms with E-state index in [-0.39, 0.29) is 0 Å². The molecule has 0 aromatic carbocycles. The fourth-order valence-electron chi connectivity index (χ4n) is 3.67. The largest absolute Gasteiger partial charge is 0.397 e. The van der Waals surface area contributed by atoms with E-state index >= 15 is 0 Å². The topological polar surface area (TPSA) is 288 Å². The van der Waals surface area contributed by atoms with Crippen molar-refractivity contribution in [3.05, 3.63) is 0 Å². The Balaban J connectivity index is 2.46. The van der Waals surface area contributed by atoms with Crippen molar-refractivity contribution in [1.29, 1.82) is 0 Å². The van der Waals surface area contributed by atoms with Crippen LogP contribution in [-0.4, -0.2) is 136 Å². The lowest BCUT2D eigenvalue weighted by Gasteiger charge is -2.47. The van der Waals surface area contributed by atoms with E-state index in [2.05, 4.69) is 12.5 Å². The average molecular weight is 595 g/mol. The predicted octanol–water partition coefficient (Wildman–Crippen LogP) is -4.19. The summed E-state index contributed by atoms with van der Waals surface area (Å²) in [6.07, 6.45) is -18.0. The van der Waals surface area contributed by atoms with E-state index in [0.29, 0.717) is 0 Å². The molecule has 2 rings (SSSR count). The van der Waals surface area contributed by atoms with Crippen LogP contribution in [0.1, 0.15) is 6.92 Å². The molecule has 214 valence electrons. The van der Waals surface area contributed by atoms with Crippen LogP contribution < -0.4 is 0 Å². The number of hydrogen-bond donors (Lipinski definition) is 6. The average Bonchev–Trinajstić information content (AvgIpc) is 2.71. The van der Waals surface area contributed by atoms with Gasteiger partial charge in [-0.3, -0.25) is 13.7 Å². The molecule has 0 aliphatic carbocycles. The van der Waals surface area contributed by atoms with Crippen molar-refractivity contribution in [2.75, 3.05) is 20.3 Å². The van der Waals surface area contributed by atoms with E-state index in [1.54, 1.807) is 0 Å². The molecule has 0 aromatic rings. The standard InChI is InChI=1S/C14H26O19S3/c1-5-10(32-35(21,22)23)9(17)11(7(29-5)4-28-34(18,19)20)31-14-13(33-36(24,25)26)12(27-2)8(16)6(3-15)30-14/h5-17H,3-4H2,1-2H3,(H,18,19,20)(H,21,22,23)(H,24,25,26). The SMILES string of the molecule is COC1C(O)C(CO)OC(OC2C(COS(=O)(=O)O)OC(C)C(OS(=O)(=O)O)C2O)C1OS(=O)(=O)O. The van der Waals surface area contributed by atoms with Crippen molar-refractivity contribution >= 4 is 31.2 Å². The third-order valence-electron chi connectivity index (χ3n) is 5.10. The van der Waals surface area contributed by atoms with Crippen molar-refractivity contribution in [3.8, 4) is 0 Å². The first kappa shape index (κ1) is 31.5. The molecule has 0 spiro atoms. The summed E-state index contributed by atoms with van der Waals surface area (Å²) in [6, 6.07) is 0. The van der Waals surface area contributed by atoms with Crippen molar-refractivity contribution in [2.24, 2.45) is 0 Å². The van der Waals surface area contributed by atoms with Gasteiger partial charge in [-0.25, -0.2) is 12.5 Å². The normalized spacial score (nSPS) is 38.7. The molecule has 0 saturated carbocycles. The molecular formula is C14H26O19S3. The molecule has 10 atom stereocenters. The number of aliphatic hydroxyl groups is 3. The maximum atomic E-state index is 11.4. The van der Waals surface area contributed by atoms with Gasteiger partial charge in [0.05, 0.1) is 19.3 Å². The Bertz CT molecular complexity index is 1040. The van der Waals surface area contributed by atoms with Gasteiger partial charge in [-0.1, -0.05) is 0 Å². The van der Waals surface area contributed by atoms with Gasteiger partial charge in [0.15, 0.2) is 12.4 Å². The highest BCUT2D eigenvalue weighted by Crippen LogP contribution is 2.33. The minimum atomic E-state index is -5.27. The highest BCUT2D eigenvalue weighted by atomic mass is 32.3. The van der Waals surface area contributed by atoms with Gasteiger partial charge in [0.2, 0.25) is 0 Å². The van der Waals surface area contributed by atoms with Crippen LogP contribution in [0.3, 0.4) is 0 Å². The molecule has 2 fully saturated rings. The molecule has 2 aliphatic rings. The summed E-state index contributed by atoms with van der Waals surface area (Å²) < 4.78 is 128. The molecule has 0 radical (unpaired) electrons. The predicted molar refractivity (Wildman–Crippen MR) is 108 cm³/mol. The second-order valence-electron chi connectivity index (χ2n) is 7.58. The number of rotatable bonds is 11. The van der Waals surface area contributed by atoms with Crippen molar-refractivity contribution in [3.63, 3.8) is 0 Å². The zero-order valence-electron chi connectivity index (χ0n) is 18.4. The minimum absolute atomic E-state index is 0.885. The maximum Gasteiger partial charge on any atom is 0.397 e.